The molecule has 29 heavy (non-hydrogen) atoms. The summed E-state index contributed by atoms with van der Waals surface area (Å²) in [5.74, 6) is -0.691. The van der Waals surface area contributed by atoms with Crippen LogP contribution in [0.2, 0.25) is 0 Å². The van der Waals surface area contributed by atoms with Gasteiger partial charge in [-0.2, -0.15) is 0 Å². The fourth-order valence-electron chi connectivity index (χ4n) is 4.09. The molecule has 1 aromatic heterocycles. The first-order valence-corrected chi connectivity index (χ1v) is 10.6. The first-order valence-electron chi connectivity index (χ1n) is 9.82. The first-order chi connectivity index (χ1) is 14.1. The van der Waals surface area contributed by atoms with E-state index in [-0.39, 0.29) is 5.82 Å². The zero-order valence-corrected chi connectivity index (χ0v) is 16.8. The molecule has 2 aromatic carbocycles. The summed E-state index contributed by atoms with van der Waals surface area (Å²) in [5, 5.41) is 9.38. The van der Waals surface area contributed by atoms with Gasteiger partial charge in [0.1, 0.15) is 5.82 Å². The van der Waals surface area contributed by atoms with Crippen molar-refractivity contribution in [2.75, 3.05) is 0 Å². The van der Waals surface area contributed by atoms with Gasteiger partial charge in [-0.05, 0) is 91.1 Å². The van der Waals surface area contributed by atoms with E-state index in [1.54, 1.807) is 36.2 Å². The molecule has 0 fully saturated rings. The van der Waals surface area contributed by atoms with Gasteiger partial charge in [0.05, 0.1) is 5.56 Å². The summed E-state index contributed by atoms with van der Waals surface area (Å²) in [6.45, 7) is 0. The Labute approximate surface area is 174 Å². The van der Waals surface area contributed by atoms with Crippen molar-refractivity contribution in [1.29, 1.82) is 0 Å². The minimum Gasteiger partial charge on any atom is -0.478 e. The van der Waals surface area contributed by atoms with E-state index in [4.69, 9.17) is 0 Å². The maximum Gasteiger partial charge on any atom is 0.336 e. The van der Waals surface area contributed by atoms with Gasteiger partial charge < -0.3 is 5.11 Å². The van der Waals surface area contributed by atoms with E-state index in [2.05, 4.69) is 23.2 Å². The molecule has 4 rings (SSSR count). The van der Waals surface area contributed by atoms with E-state index >= 15 is 0 Å². The van der Waals surface area contributed by atoms with Gasteiger partial charge in [-0.25, -0.2) is 9.18 Å². The summed E-state index contributed by atoms with van der Waals surface area (Å²) >= 11 is 1.58. The molecule has 0 unspecified atom stereocenters. The number of carbonyl (C=O) groups is 1. The van der Waals surface area contributed by atoms with Crippen LogP contribution < -0.4 is 0 Å². The summed E-state index contributed by atoms with van der Waals surface area (Å²) in [6, 6.07) is 14.8. The SMILES string of the molecule is O=C(O)c1ccncc1CC[C@@H]1CCCc2cc(Sc3cccc(F)c3)ccc21. The number of hydrogen-bond donors (Lipinski definition) is 1. The Bertz CT molecular complexity index is 1040. The second-order valence-corrected chi connectivity index (χ2v) is 8.53. The Balaban J connectivity index is 1.49. The third-order valence-corrected chi connectivity index (χ3v) is 6.46. The number of halogens is 1. The number of carboxylic acids is 1. The maximum absolute atomic E-state index is 13.4. The molecule has 0 saturated heterocycles. The van der Waals surface area contributed by atoms with Crippen molar-refractivity contribution in [3.63, 3.8) is 0 Å². The molecule has 1 atom stereocenters. The molecule has 1 aliphatic carbocycles. The number of benzene rings is 2. The van der Waals surface area contributed by atoms with E-state index in [0.717, 1.165) is 41.0 Å². The van der Waals surface area contributed by atoms with Crippen LogP contribution in [0.1, 0.15) is 52.2 Å². The van der Waals surface area contributed by atoms with Crippen molar-refractivity contribution >= 4 is 17.7 Å². The highest BCUT2D eigenvalue weighted by molar-refractivity contribution is 7.99. The highest BCUT2D eigenvalue weighted by Crippen LogP contribution is 2.38. The molecule has 0 aliphatic heterocycles. The minimum absolute atomic E-state index is 0.218. The van der Waals surface area contributed by atoms with Crippen molar-refractivity contribution in [1.82, 2.24) is 4.98 Å². The number of pyridine rings is 1. The van der Waals surface area contributed by atoms with Crippen LogP contribution in [0.4, 0.5) is 4.39 Å². The van der Waals surface area contributed by atoms with Crippen LogP contribution in [-0.2, 0) is 12.8 Å². The molecule has 1 heterocycles. The Morgan fingerprint density at radius 2 is 2.03 bits per heavy atom. The van der Waals surface area contributed by atoms with Crippen molar-refractivity contribution in [2.45, 2.75) is 47.8 Å². The summed E-state index contributed by atoms with van der Waals surface area (Å²) in [7, 11) is 0. The number of rotatable bonds is 6. The standard InChI is InChI=1S/C24H22FNO2S/c25-19-5-2-6-20(14-19)29-21-9-10-22-16(3-1-4-17(22)13-21)7-8-18-15-26-12-11-23(18)24(27)28/h2,5-6,9-16H,1,3-4,7-8H2,(H,27,28)/t16-/m0/s1. The van der Waals surface area contributed by atoms with Crippen molar-refractivity contribution in [3.05, 3.63) is 89.0 Å². The van der Waals surface area contributed by atoms with E-state index in [0.29, 0.717) is 17.9 Å². The molecule has 0 bridgehead atoms. The third kappa shape index (κ3) is 4.67. The van der Waals surface area contributed by atoms with Gasteiger partial charge >= 0.3 is 5.97 Å². The van der Waals surface area contributed by atoms with Gasteiger partial charge in [0, 0.05) is 22.2 Å². The highest BCUT2D eigenvalue weighted by atomic mass is 32.2. The predicted molar refractivity (Wildman–Crippen MR) is 112 cm³/mol. The summed E-state index contributed by atoms with van der Waals surface area (Å²) in [4.78, 5) is 17.5. The molecule has 0 amide bonds. The molecule has 0 saturated carbocycles. The zero-order chi connectivity index (χ0) is 20.2. The van der Waals surface area contributed by atoms with Gasteiger partial charge in [0.2, 0.25) is 0 Å². The lowest BCUT2D eigenvalue weighted by atomic mass is 9.80. The molecular weight excluding hydrogens is 385 g/mol. The van der Waals surface area contributed by atoms with Gasteiger partial charge in [-0.15, -0.1) is 0 Å². The number of aromatic carboxylic acids is 1. The Kier molecular flexibility index (Phi) is 5.95. The molecular formula is C24H22FNO2S. The monoisotopic (exact) mass is 407 g/mol. The fraction of sp³-hybridized carbons (Fsp3) is 0.250. The van der Waals surface area contributed by atoms with Gasteiger partial charge in [0.25, 0.3) is 0 Å². The number of hydrogen-bond acceptors (Lipinski definition) is 3. The number of aromatic nitrogens is 1. The molecule has 1 aliphatic rings. The first kappa shape index (κ1) is 19.6. The second-order valence-electron chi connectivity index (χ2n) is 7.39. The number of aryl methyl sites for hydroxylation is 2. The average molecular weight is 408 g/mol. The van der Waals surface area contributed by atoms with E-state index in [1.807, 2.05) is 6.07 Å². The molecule has 148 valence electrons. The van der Waals surface area contributed by atoms with E-state index < -0.39 is 5.97 Å². The topological polar surface area (TPSA) is 50.2 Å². The highest BCUT2D eigenvalue weighted by Gasteiger charge is 2.21. The summed E-state index contributed by atoms with van der Waals surface area (Å²) in [5.41, 5.74) is 3.86. The number of carboxylic acid groups (broad SMARTS) is 1. The molecule has 1 N–H and O–H groups in total. The summed E-state index contributed by atoms with van der Waals surface area (Å²) in [6.07, 6.45) is 8.12. The van der Waals surface area contributed by atoms with Crippen LogP contribution in [0.5, 0.6) is 0 Å². The second kappa shape index (κ2) is 8.78. The van der Waals surface area contributed by atoms with Crippen molar-refractivity contribution in [2.24, 2.45) is 0 Å². The third-order valence-electron chi connectivity index (χ3n) is 5.48. The normalized spacial score (nSPS) is 15.7. The molecule has 3 aromatic rings. The maximum atomic E-state index is 13.4. The van der Waals surface area contributed by atoms with Crippen LogP contribution in [0.3, 0.4) is 0 Å². The molecule has 5 heteroatoms. The van der Waals surface area contributed by atoms with Gasteiger partial charge in [-0.3, -0.25) is 4.98 Å². The Morgan fingerprint density at radius 1 is 1.17 bits per heavy atom. The molecule has 3 nitrogen and oxygen atoms in total. The lowest BCUT2D eigenvalue weighted by Gasteiger charge is -2.26. The number of nitrogens with zero attached hydrogens (tertiary/aromatic N) is 1. The Morgan fingerprint density at radius 3 is 2.86 bits per heavy atom. The van der Waals surface area contributed by atoms with E-state index in [1.165, 1.54) is 23.4 Å². The number of fused-ring (bicyclic) bond motifs is 1. The van der Waals surface area contributed by atoms with E-state index in [9.17, 15) is 14.3 Å². The van der Waals surface area contributed by atoms with Crippen LogP contribution in [-0.4, -0.2) is 16.1 Å². The van der Waals surface area contributed by atoms with Crippen LogP contribution in [0.25, 0.3) is 0 Å². The van der Waals surface area contributed by atoms with Crippen LogP contribution in [0.15, 0.2) is 70.7 Å². The predicted octanol–water partition coefficient (Wildman–Crippen LogP) is 6.12. The van der Waals surface area contributed by atoms with Gasteiger partial charge in [-0.1, -0.05) is 23.9 Å². The molecule has 0 radical (unpaired) electrons. The largest absolute Gasteiger partial charge is 0.478 e. The van der Waals surface area contributed by atoms with Crippen LogP contribution in [0, 0.1) is 5.82 Å². The Hall–Kier alpha value is -2.66. The van der Waals surface area contributed by atoms with Crippen molar-refractivity contribution in [3.8, 4) is 0 Å². The minimum atomic E-state index is -0.898. The fourth-order valence-corrected chi connectivity index (χ4v) is 5.01. The lowest BCUT2D eigenvalue weighted by molar-refractivity contribution is 0.0695. The van der Waals surface area contributed by atoms with Gasteiger partial charge in [0.15, 0.2) is 0 Å². The zero-order valence-electron chi connectivity index (χ0n) is 16.0. The quantitative estimate of drug-likeness (QED) is 0.535. The summed E-state index contributed by atoms with van der Waals surface area (Å²) < 4.78 is 13.4. The van der Waals surface area contributed by atoms with Crippen molar-refractivity contribution < 1.29 is 14.3 Å². The smallest absolute Gasteiger partial charge is 0.336 e. The lowest BCUT2D eigenvalue weighted by Crippen LogP contribution is -2.12. The molecule has 0 spiro atoms. The van der Waals surface area contributed by atoms with Crippen LogP contribution >= 0.6 is 11.8 Å². The average Bonchev–Trinajstić information content (AvgIpc) is 2.72.